The fraction of sp³-hybridized carbons (Fsp3) is 0.458. The predicted octanol–water partition coefficient (Wildman–Crippen LogP) is 4.25. The lowest BCUT2D eigenvalue weighted by atomic mass is 9.92. The molecule has 10 nitrogen and oxygen atoms in total. The SMILES string of the molecule is CC(C)(C)OC(=O)N1c2nc(no2)-c2cc(cc(F)c2C2=C[C@@H]3[C@H](C#N)[C@H]3C2)C1N1CCOC1=O. The minimum absolute atomic E-state index is 0.0202. The van der Waals surface area contributed by atoms with Gasteiger partial charge >= 0.3 is 18.2 Å². The highest BCUT2D eigenvalue weighted by molar-refractivity contribution is 5.89. The van der Waals surface area contributed by atoms with Crippen molar-refractivity contribution in [2.24, 2.45) is 17.8 Å². The number of hydrogen-bond acceptors (Lipinski definition) is 8. The molecule has 4 aliphatic rings. The molecular weight excluding hydrogens is 457 g/mol. The highest BCUT2D eigenvalue weighted by atomic mass is 19.1. The van der Waals surface area contributed by atoms with Crippen LogP contribution in [-0.4, -0.2) is 46.0 Å². The Bertz CT molecular complexity index is 1340. The van der Waals surface area contributed by atoms with Crippen molar-refractivity contribution in [2.45, 2.75) is 39.0 Å². The maximum atomic E-state index is 15.8. The smallest absolute Gasteiger partial charge is 0.420 e. The molecule has 0 spiro atoms. The van der Waals surface area contributed by atoms with Crippen molar-refractivity contribution in [3.8, 4) is 17.5 Å². The average Bonchev–Trinajstić information content (AvgIpc) is 3.24. The van der Waals surface area contributed by atoms with Gasteiger partial charge in [0, 0.05) is 11.1 Å². The predicted molar refractivity (Wildman–Crippen MR) is 118 cm³/mol. The number of halogens is 1. The van der Waals surface area contributed by atoms with Crippen LogP contribution in [-0.2, 0) is 9.47 Å². The molecule has 1 saturated heterocycles. The number of hydrogen-bond donors (Lipinski definition) is 0. The topological polar surface area (TPSA) is 122 Å². The Morgan fingerprint density at radius 1 is 1.34 bits per heavy atom. The van der Waals surface area contributed by atoms with Gasteiger partial charge in [0.25, 0.3) is 0 Å². The number of nitrogens with zero attached hydrogens (tertiary/aromatic N) is 5. The summed E-state index contributed by atoms with van der Waals surface area (Å²) in [4.78, 5) is 32.6. The number of aromatic nitrogens is 2. The Hall–Kier alpha value is -3.94. The second kappa shape index (κ2) is 7.28. The molecular formula is C24H22FN5O5. The Balaban J connectivity index is 1.50. The van der Waals surface area contributed by atoms with Crippen molar-refractivity contribution in [1.82, 2.24) is 15.0 Å². The van der Waals surface area contributed by atoms with Gasteiger partial charge in [-0.3, -0.25) is 4.90 Å². The van der Waals surface area contributed by atoms with E-state index < -0.39 is 29.8 Å². The van der Waals surface area contributed by atoms with Crippen molar-refractivity contribution in [3.63, 3.8) is 0 Å². The van der Waals surface area contributed by atoms with E-state index in [1.165, 1.54) is 11.0 Å². The second-order valence-electron chi connectivity index (χ2n) is 10.1. The Kier molecular flexibility index (Phi) is 4.49. The number of ether oxygens (including phenoxy) is 2. The summed E-state index contributed by atoms with van der Waals surface area (Å²) in [5.74, 6) is -0.109. The number of carbonyl (C=O) groups excluding carboxylic acids is 2. The van der Waals surface area contributed by atoms with Crippen LogP contribution in [0.1, 0.15) is 44.5 Å². The molecule has 11 heteroatoms. The van der Waals surface area contributed by atoms with Crippen LogP contribution in [0, 0.1) is 34.9 Å². The van der Waals surface area contributed by atoms with Crippen molar-refractivity contribution < 1.29 is 28.0 Å². The average molecular weight is 479 g/mol. The van der Waals surface area contributed by atoms with Gasteiger partial charge in [0.1, 0.15) is 24.2 Å². The highest BCUT2D eigenvalue weighted by Crippen LogP contribution is 2.58. The van der Waals surface area contributed by atoms with E-state index in [1.54, 1.807) is 26.8 Å². The van der Waals surface area contributed by atoms with Gasteiger partial charge in [0.15, 0.2) is 0 Å². The third-order valence-electron chi connectivity index (χ3n) is 6.74. The van der Waals surface area contributed by atoms with Crippen molar-refractivity contribution in [1.29, 1.82) is 5.26 Å². The minimum atomic E-state index is -1.12. The molecule has 4 atom stereocenters. The molecule has 180 valence electrons. The molecule has 2 amide bonds. The highest BCUT2D eigenvalue weighted by Gasteiger charge is 2.53. The third-order valence-corrected chi connectivity index (χ3v) is 6.74. The molecule has 4 bridgehead atoms. The number of benzene rings is 1. The van der Waals surface area contributed by atoms with Gasteiger partial charge < -0.3 is 14.0 Å². The van der Waals surface area contributed by atoms with E-state index in [0.29, 0.717) is 23.1 Å². The lowest BCUT2D eigenvalue weighted by Crippen LogP contribution is -2.47. The van der Waals surface area contributed by atoms with E-state index >= 15 is 4.39 Å². The van der Waals surface area contributed by atoms with Gasteiger partial charge in [0.2, 0.25) is 5.82 Å². The Labute approximate surface area is 199 Å². The van der Waals surface area contributed by atoms with Crippen LogP contribution in [0.5, 0.6) is 0 Å². The quantitative estimate of drug-likeness (QED) is 0.626. The van der Waals surface area contributed by atoms with Crippen LogP contribution < -0.4 is 4.90 Å². The molecule has 2 aromatic rings. The van der Waals surface area contributed by atoms with E-state index in [2.05, 4.69) is 16.2 Å². The summed E-state index contributed by atoms with van der Waals surface area (Å²) in [5.41, 5.74) is 1.01. The molecule has 2 aliphatic carbocycles. The van der Waals surface area contributed by atoms with Crippen LogP contribution in [0.3, 0.4) is 0 Å². The number of amides is 2. The lowest BCUT2D eigenvalue weighted by Gasteiger charge is -2.35. The van der Waals surface area contributed by atoms with Gasteiger partial charge in [-0.05, 0) is 62.3 Å². The first kappa shape index (κ1) is 21.6. The molecule has 0 N–H and O–H groups in total. The van der Waals surface area contributed by atoms with E-state index in [4.69, 9.17) is 14.0 Å². The first-order valence-electron chi connectivity index (χ1n) is 11.4. The summed E-state index contributed by atoms with van der Waals surface area (Å²) in [7, 11) is 0. The molecule has 6 rings (SSSR count). The van der Waals surface area contributed by atoms with Gasteiger partial charge in [0.05, 0.1) is 18.5 Å². The second-order valence-corrected chi connectivity index (χ2v) is 10.1. The fourth-order valence-electron chi connectivity index (χ4n) is 5.20. The zero-order valence-corrected chi connectivity index (χ0v) is 19.3. The first-order chi connectivity index (χ1) is 16.7. The van der Waals surface area contributed by atoms with E-state index in [9.17, 15) is 14.9 Å². The van der Waals surface area contributed by atoms with Crippen molar-refractivity contribution in [3.05, 3.63) is 35.2 Å². The summed E-state index contributed by atoms with van der Waals surface area (Å²) in [5, 5.41) is 13.2. The monoisotopic (exact) mass is 479 g/mol. The van der Waals surface area contributed by atoms with Gasteiger partial charge in [-0.2, -0.15) is 10.2 Å². The number of allylic oxidation sites excluding steroid dienone is 2. The fourth-order valence-corrected chi connectivity index (χ4v) is 5.20. The summed E-state index contributed by atoms with van der Waals surface area (Å²) < 4.78 is 31.9. The Morgan fingerprint density at radius 3 is 2.77 bits per heavy atom. The number of rotatable bonds is 2. The van der Waals surface area contributed by atoms with E-state index in [-0.39, 0.29) is 42.7 Å². The van der Waals surface area contributed by atoms with Crippen molar-refractivity contribution in [2.75, 3.05) is 18.1 Å². The minimum Gasteiger partial charge on any atom is -0.447 e. The lowest BCUT2D eigenvalue weighted by molar-refractivity contribution is 0.0515. The third kappa shape index (κ3) is 3.35. The number of cyclic esters (lactones) is 1. The largest absolute Gasteiger partial charge is 0.447 e. The van der Waals surface area contributed by atoms with Gasteiger partial charge in [-0.15, -0.1) is 0 Å². The molecule has 0 radical (unpaired) electrons. The molecule has 3 heterocycles. The number of nitriles is 1. The Morgan fingerprint density at radius 2 is 2.14 bits per heavy atom. The van der Waals surface area contributed by atoms with Crippen LogP contribution in [0.2, 0.25) is 0 Å². The zero-order valence-electron chi connectivity index (χ0n) is 19.3. The normalized spacial score (nSPS) is 26.4. The molecule has 1 saturated carbocycles. The molecule has 1 aromatic carbocycles. The van der Waals surface area contributed by atoms with Crippen molar-refractivity contribution >= 4 is 23.8 Å². The summed E-state index contributed by atoms with van der Waals surface area (Å²) >= 11 is 0. The molecule has 2 aliphatic heterocycles. The summed E-state index contributed by atoms with van der Waals surface area (Å²) in [6, 6.07) is 5.10. The first-order valence-corrected chi connectivity index (χ1v) is 11.4. The number of anilines is 1. The molecule has 1 aromatic heterocycles. The van der Waals surface area contributed by atoms with E-state index in [1.807, 2.05) is 6.08 Å². The maximum Gasteiger partial charge on any atom is 0.420 e. The van der Waals surface area contributed by atoms with Crippen LogP contribution in [0.25, 0.3) is 17.0 Å². The number of fused-ring (bicyclic) bond motifs is 6. The molecule has 35 heavy (non-hydrogen) atoms. The van der Waals surface area contributed by atoms with E-state index in [0.717, 1.165) is 10.5 Å². The molecule has 1 unspecified atom stereocenters. The van der Waals surface area contributed by atoms with Crippen LogP contribution >= 0.6 is 0 Å². The standard InChI is InChI=1S/C24H22FN5O5/c1-24(2,3)34-23(32)30-20(29-4-5-33-22(29)31)12-8-15(19-27-21(30)35-28-19)18(17(25)9-12)11-6-13-14(7-11)16(13)10-26/h6,8-9,13-14,16,20H,4-5,7H2,1-3H3/t13-,14-,16-,20?/m0/s1. The summed E-state index contributed by atoms with van der Waals surface area (Å²) in [6.45, 7) is 5.41. The maximum absolute atomic E-state index is 15.8. The molecule has 2 fully saturated rings. The van der Waals surface area contributed by atoms with Gasteiger partial charge in [-0.1, -0.05) is 11.2 Å². The van der Waals surface area contributed by atoms with Gasteiger partial charge in [-0.25, -0.2) is 18.9 Å². The van der Waals surface area contributed by atoms with Crippen LogP contribution in [0.15, 0.2) is 22.7 Å². The number of carbonyl (C=O) groups is 2. The zero-order chi connectivity index (χ0) is 24.6. The van der Waals surface area contributed by atoms with Crippen LogP contribution in [0.4, 0.5) is 20.0 Å². The summed E-state index contributed by atoms with van der Waals surface area (Å²) in [6.07, 6.45) is -0.0648.